The van der Waals surface area contributed by atoms with Crippen LogP contribution in [0, 0.1) is 5.82 Å². The van der Waals surface area contributed by atoms with Crippen LogP contribution in [-0.4, -0.2) is 38.3 Å². The third-order valence-electron chi connectivity index (χ3n) is 5.44. The van der Waals surface area contributed by atoms with Crippen molar-refractivity contribution in [1.29, 1.82) is 0 Å². The van der Waals surface area contributed by atoms with Gasteiger partial charge in [0, 0.05) is 47.9 Å². The second kappa shape index (κ2) is 9.79. The van der Waals surface area contributed by atoms with Crippen molar-refractivity contribution in [3.8, 4) is 0 Å². The van der Waals surface area contributed by atoms with E-state index in [2.05, 4.69) is 19.3 Å². The Bertz CT molecular complexity index is 1120. The van der Waals surface area contributed by atoms with Crippen LogP contribution >= 0.6 is 23.2 Å². The molecule has 6 nitrogen and oxygen atoms in total. The summed E-state index contributed by atoms with van der Waals surface area (Å²) in [6.07, 6.45) is 3.54. The summed E-state index contributed by atoms with van der Waals surface area (Å²) in [5.74, 6) is 0.0656. The second-order valence-electron chi connectivity index (χ2n) is 7.90. The largest absolute Gasteiger partial charge is 0.322 e. The molecule has 170 valence electrons. The molecule has 0 radical (unpaired) electrons. The lowest BCUT2D eigenvalue weighted by atomic mass is 10.0. The lowest BCUT2D eigenvalue weighted by Crippen LogP contribution is -2.45. The van der Waals surface area contributed by atoms with E-state index in [-0.39, 0.29) is 18.3 Å². The molecule has 0 aromatic heterocycles. The number of aliphatic imine (C=N–C) groups is 1. The third-order valence-corrected chi connectivity index (χ3v) is 7.16. The average Bonchev–Trinajstić information content (AvgIpc) is 2.73. The first-order chi connectivity index (χ1) is 15.3. The third kappa shape index (κ3) is 6.01. The molecule has 0 spiro atoms. The van der Waals surface area contributed by atoms with Crippen molar-refractivity contribution in [1.82, 2.24) is 14.3 Å². The molecule has 0 unspecified atom stereocenters. The number of piperidine rings is 1. The predicted octanol–water partition coefficient (Wildman–Crippen LogP) is 4.06. The first-order valence-electron chi connectivity index (χ1n) is 10.3. The van der Waals surface area contributed by atoms with Crippen LogP contribution in [0.15, 0.2) is 59.2 Å². The van der Waals surface area contributed by atoms with Crippen molar-refractivity contribution in [3.63, 3.8) is 0 Å². The van der Waals surface area contributed by atoms with Crippen molar-refractivity contribution in [2.45, 2.75) is 31.8 Å². The molecule has 1 saturated heterocycles. The number of amidine groups is 1. The molecule has 2 aromatic rings. The fourth-order valence-corrected chi connectivity index (χ4v) is 5.30. The molecular formula is C22H23Cl2FN4O2S. The van der Waals surface area contributed by atoms with E-state index < -0.39 is 10.2 Å². The molecule has 0 amide bonds. The van der Waals surface area contributed by atoms with E-state index in [4.69, 9.17) is 23.2 Å². The summed E-state index contributed by atoms with van der Waals surface area (Å²) in [6.45, 7) is 2.41. The van der Waals surface area contributed by atoms with Crippen molar-refractivity contribution < 1.29 is 12.8 Å². The first-order valence-corrected chi connectivity index (χ1v) is 12.5. The number of hydrogen-bond acceptors (Lipinski definition) is 4. The minimum Gasteiger partial charge on any atom is -0.299 e. The highest BCUT2D eigenvalue weighted by molar-refractivity contribution is 7.88. The topological polar surface area (TPSA) is 73.8 Å². The maximum atomic E-state index is 13.1. The summed E-state index contributed by atoms with van der Waals surface area (Å²) in [5, 5.41) is 0.950. The Labute approximate surface area is 197 Å². The van der Waals surface area contributed by atoms with E-state index in [9.17, 15) is 12.8 Å². The van der Waals surface area contributed by atoms with Gasteiger partial charge < -0.3 is 0 Å². The molecule has 4 rings (SSSR count). The van der Waals surface area contributed by atoms with Gasteiger partial charge in [-0.15, -0.1) is 0 Å². The van der Waals surface area contributed by atoms with Gasteiger partial charge in [0.15, 0.2) is 0 Å². The minimum absolute atomic E-state index is 0.0108. The fourth-order valence-electron chi connectivity index (χ4n) is 3.85. The van der Waals surface area contributed by atoms with Gasteiger partial charge in [0.05, 0.1) is 6.04 Å². The minimum atomic E-state index is -3.76. The maximum Gasteiger partial charge on any atom is 0.322 e. The zero-order valence-corrected chi connectivity index (χ0v) is 19.5. The molecule has 0 bridgehead atoms. The molecule has 2 aromatic carbocycles. The lowest BCUT2D eigenvalue weighted by Gasteiger charge is -2.31. The van der Waals surface area contributed by atoms with Crippen LogP contribution in [-0.2, 0) is 23.2 Å². The number of likely N-dealkylation sites (tertiary alicyclic amines) is 1. The highest BCUT2D eigenvalue weighted by Crippen LogP contribution is 2.27. The van der Waals surface area contributed by atoms with Gasteiger partial charge in [0.25, 0.3) is 0 Å². The van der Waals surface area contributed by atoms with Gasteiger partial charge in [0.1, 0.15) is 11.7 Å². The number of hydrogen-bond donors (Lipinski definition) is 2. The van der Waals surface area contributed by atoms with E-state index in [0.29, 0.717) is 27.1 Å². The van der Waals surface area contributed by atoms with Crippen molar-refractivity contribution >= 4 is 39.2 Å². The summed E-state index contributed by atoms with van der Waals surface area (Å²) < 4.78 is 42.6. The predicted molar refractivity (Wildman–Crippen MR) is 126 cm³/mol. The normalized spacial score (nSPS) is 20.5. The molecule has 32 heavy (non-hydrogen) atoms. The molecule has 2 heterocycles. The summed E-state index contributed by atoms with van der Waals surface area (Å²) in [6, 6.07) is 11.7. The molecule has 0 saturated carbocycles. The van der Waals surface area contributed by atoms with Crippen LogP contribution in [0.4, 0.5) is 4.39 Å². The van der Waals surface area contributed by atoms with E-state index in [0.717, 1.165) is 38.0 Å². The van der Waals surface area contributed by atoms with E-state index in [1.165, 1.54) is 12.1 Å². The van der Waals surface area contributed by atoms with E-state index >= 15 is 0 Å². The maximum absolute atomic E-state index is 13.1. The van der Waals surface area contributed by atoms with E-state index in [1.54, 1.807) is 36.4 Å². The van der Waals surface area contributed by atoms with Crippen LogP contribution in [0.1, 0.15) is 24.0 Å². The molecule has 2 aliphatic heterocycles. The zero-order valence-electron chi connectivity index (χ0n) is 17.2. The van der Waals surface area contributed by atoms with E-state index in [1.807, 2.05) is 0 Å². The average molecular weight is 497 g/mol. The molecule has 0 aliphatic carbocycles. The summed E-state index contributed by atoms with van der Waals surface area (Å²) in [7, 11) is -3.76. The highest BCUT2D eigenvalue weighted by Gasteiger charge is 2.24. The molecule has 10 heteroatoms. The Morgan fingerprint density at radius 2 is 1.69 bits per heavy atom. The van der Waals surface area contributed by atoms with Crippen molar-refractivity contribution in [2.24, 2.45) is 4.99 Å². The van der Waals surface area contributed by atoms with Gasteiger partial charge >= 0.3 is 10.2 Å². The monoisotopic (exact) mass is 496 g/mol. The smallest absolute Gasteiger partial charge is 0.299 e. The first kappa shape index (κ1) is 23.0. The Morgan fingerprint density at radius 3 is 2.34 bits per heavy atom. The number of benzene rings is 2. The van der Waals surface area contributed by atoms with Crippen LogP contribution < -0.4 is 9.44 Å². The molecular weight excluding hydrogens is 474 g/mol. The SMILES string of the molecule is O=S1(=O)NC(Cc2c(Cl)cccc2Cl)=CC(=NC2CCN(Cc3ccc(F)cc3)CC2)N1. The molecule has 1 fully saturated rings. The van der Waals surface area contributed by atoms with Gasteiger partial charge in [-0.3, -0.25) is 19.3 Å². The fraction of sp³-hybridized carbons (Fsp3) is 0.318. The summed E-state index contributed by atoms with van der Waals surface area (Å²) >= 11 is 12.5. The Balaban J connectivity index is 1.42. The van der Waals surface area contributed by atoms with Gasteiger partial charge in [-0.25, -0.2) is 4.39 Å². The molecule has 2 N–H and O–H groups in total. The number of rotatable bonds is 5. The van der Waals surface area contributed by atoms with Gasteiger partial charge in [0.2, 0.25) is 0 Å². The number of allylic oxidation sites excluding steroid dienone is 1. The summed E-state index contributed by atoms with van der Waals surface area (Å²) in [5.41, 5.74) is 2.17. The van der Waals surface area contributed by atoms with Gasteiger partial charge in [-0.05, 0) is 48.2 Å². The zero-order chi connectivity index (χ0) is 22.7. The van der Waals surface area contributed by atoms with Crippen LogP contribution in [0.3, 0.4) is 0 Å². The van der Waals surface area contributed by atoms with Gasteiger partial charge in [-0.2, -0.15) is 8.42 Å². The van der Waals surface area contributed by atoms with Crippen LogP contribution in [0.5, 0.6) is 0 Å². The number of nitrogens with one attached hydrogen (secondary N) is 2. The number of nitrogens with zero attached hydrogens (tertiary/aromatic N) is 2. The molecule has 2 aliphatic rings. The lowest BCUT2D eigenvalue weighted by molar-refractivity contribution is 0.206. The van der Waals surface area contributed by atoms with Crippen LogP contribution in [0.25, 0.3) is 0 Å². The Hall–Kier alpha value is -2.13. The Morgan fingerprint density at radius 1 is 1.03 bits per heavy atom. The van der Waals surface area contributed by atoms with Crippen molar-refractivity contribution in [3.05, 3.63) is 81.2 Å². The molecule has 0 atom stereocenters. The summed E-state index contributed by atoms with van der Waals surface area (Å²) in [4.78, 5) is 6.94. The van der Waals surface area contributed by atoms with Crippen molar-refractivity contribution in [2.75, 3.05) is 13.1 Å². The number of halogens is 3. The highest BCUT2D eigenvalue weighted by atomic mass is 35.5. The second-order valence-corrected chi connectivity index (χ2v) is 10.1. The standard InChI is InChI=1S/C22H23Cl2FN4O2S/c23-20-2-1-3-21(24)19(20)12-18-13-22(28-32(30,31)27-18)26-17-8-10-29(11-9-17)14-15-4-6-16(25)7-5-15/h1-7,13,17,27H,8-12,14H2,(H,26,28). The quantitative estimate of drug-likeness (QED) is 0.655. The Kier molecular flexibility index (Phi) is 7.05. The van der Waals surface area contributed by atoms with Crippen LogP contribution in [0.2, 0.25) is 10.0 Å². The van der Waals surface area contributed by atoms with Gasteiger partial charge in [-0.1, -0.05) is 41.4 Å².